The van der Waals surface area contributed by atoms with Crippen molar-refractivity contribution in [1.29, 1.82) is 0 Å². The van der Waals surface area contributed by atoms with Gasteiger partial charge in [-0.25, -0.2) is 4.79 Å². The molecule has 0 aromatic heterocycles. The zero-order valence-electron chi connectivity index (χ0n) is 31.9. The fourth-order valence-electron chi connectivity index (χ4n) is 7.96. The van der Waals surface area contributed by atoms with Gasteiger partial charge in [-0.3, -0.25) is 4.99 Å². The monoisotopic (exact) mass is 677 g/mol. The molecule has 50 heavy (non-hydrogen) atoms. The van der Waals surface area contributed by atoms with Crippen LogP contribution in [-0.2, 0) is 15.6 Å². The maximum absolute atomic E-state index is 12.4. The number of hydrogen-bond donors (Lipinski definition) is 2. The molecule has 2 aromatic carbocycles. The minimum absolute atomic E-state index is 0.187. The van der Waals surface area contributed by atoms with Crippen LogP contribution in [0.1, 0.15) is 116 Å². The summed E-state index contributed by atoms with van der Waals surface area (Å²) in [4.78, 5) is 22.2. The summed E-state index contributed by atoms with van der Waals surface area (Å²) in [6.45, 7) is 21.4. The van der Waals surface area contributed by atoms with Crippen LogP contribution in [0.25, 0.3) is 0 Å². The minimum Gasteiger partial charge on any atom is -0.480 e. The van der Waals surface area contributed by atoms with E-state index >= 15 is 0 Å². The Bertz CT molecular complexity index is 1640. The highest BCUT2D eigenvalue weighted by Gasteiger charge is 2.41. The number of carbonyl (C=O) groups is 1. The van der Waals surface area contributed by atoms with Crippen LogP contribution in [0.3, 0.4) is 0 Å². The number of aliphatic hydroxyl groups is 1. The van der Waals surface area contributed by atoms with Crippen LogP contribution in [0.4, 0.5) is 11.4 Å². The molecule has 5 rings (SSSR count). The predicted octanol–water partition coefficient (Wildman–Crippen LogP) is 9.88. The Morgan fingerprint density at radius 3 is 1.62 bits per heavy atom. The normalized spacial score (nSPS) is 23.3. The van der Waals surface area contributed by atoms with Crippen molar-refractivity contribution < 1.29 is 15.0 Å². The summed E-state index contributed by atoms with van der Waals surface area (Å²) in [5.74, 6) is -1.12. The number of rotatable bonds is 11. The SMILES string of the molecule is CCCCN1C(=CC=C2CCC/C(=C\C=C3/N(CCCC)c4ccc(C)cc4C3(C)C)C2=NC(C(=O)O)C(C)O)C(C)(C)c2cc(C)ccc21. The fourth-order valence-corrected chi connectivity index (χ4v) is 7.96. The van der Waals surface area contributed by atoms with Gasteiger partial charge in [-0.1, -0.05) is 102 Å². The first kappa shape index (κ1) is 37.4. The lowest BCUT2D eigenvalue weighted by molar-refractivity contribution is -0.140. The third-order valence-electron chi connectivity index (χ3n) is 10.9. The molecule has 2 N–H and O–H groups in total. The lowest BCUT2D eigenvalue weighted by Gasteiger charge is -2.28. The highest BCUT2D eigenvalue weighted by Crippen LogP contribution is 2.49. The number of carboxylic acids is 1. The molecule has 6 heteroatoms. The molecule has 2 aromatic rings. The van der Waals surface area contributed by atoms with Gasteiger partial charge in [-0.2, -0.15) is 0 Å². The fraction of sp³-hybridized carbons (Fsp3) is 0.500. The van der Waals surface area contributed by atoms with Crippen LogP contribution >= 0.6 is 0 Å². The van der Waals surface area contributed by atoms with Crippen LogP contribution in [-0.4, -0.2) is 47.1 Å². The molecular formula is C44H59N3O3. The van der Waals surface area contributed by atoms with Crippen molar-refractivity contribution in [2.45, 2.75) is 130 Å². The molecule has 2 atom stereocenters. The Morgan fingerprint density at radius 2 is 1.24 bits per heavy atom. The predicted molar refractivity (Wildman–Crippen MR) is 210 cm³/mol. The van der Waals surface area contributed by atoms with E-state index in [2.05, 4.69) is 126 Å². The minimum atomic E-state index is -1.25. The number of unbranched alkanes of at least 4 members (excludes halogenated alkanes) is 2. The third-order valence-corrected chi connectivity index (χ3v) is 10.9. The smallest absolute Gasteiger partial charge is 0.331 e. The second-order valence-electron chi connectivity index (χ2n) is 15.6. The van der Waals surface area contributed by atoms with Gasteiger partial charge >= 0.3 is 5.97 Å². The Labute approximate surface area is 301 Å². The number of benzene rings is 2. The molecule has 1 aliphatic carbocycles. The number of fused-ring (bicyclic) bond motifs is 2. The van der Waals surface area contributed by atoms with Gasteiger partial charge in [0.1, 0.15) is 0 Å². The topological polar surface area (TPSA) is 76.4 Å². The molecule has 1 fully saturated rings. The Kier molecular flexibility index (Phi) is 11.3. The summed E-state index contributed by atoms with van der Waals surface area (Å²) in [5, 5.41) is 20.7. The lowest BCUT2D eigenvalue weighted by Crippen LogP contribution is -2.32. The molecule has 2 aliphatic heterocycles. The molecule has 0 spiro atoms. The highest BCUT2D eigenvalue weighted by molar-refractivity contribution is 6.14. The molecule has 0 radical (unpaired) electrons. The Balaban J connectivity index is 1.63. The first-order valence-electron chi connectivity index (χ1n) is 18.8. The molecular weight excluding hydrogens is 619 g/mol. The number of aliphatic carboxylic acids is 1. The van der Waals surface area contributed by atoms with Gasteiger partial charge in [0.25, 0.3) is 0 Å². The van der Waals surface area contributed by atoms with Crippen LogP contribution < -0.4 is 9.80 Å². The Hall–Kier alpha value is -3.90. The first-order chi connectivity index (χ1) is 23.7. The van der Waals surface area contributed by atoms with E-state index in [-0.39, 0.29) is 10.8 Å². The molecule has 2 unspecified atom stereocenters. The lowest BCUT2D eigenvalue weighted by atomic mass is 9.82. The first-order valence-corrected chi connectivity index (χ1v) is 18.8. The molecule has 268 valence electrons. The maximum atomic E-state index is 12.4. The molecule has 0 amide bonds. The largest absolute Gasteiger partial charge is 0.480 e. The van der Waals surface area contributed by atoms with Gasteiger partial charge in [0, 0.05) is 46.7 Å². The summed E-state index contributed by atoms with van der Waals surface area (Å²) in [7, 11) is 0. The maximum Gasteiger partial charge on any atom is 0.331 e. The van der Waals surface area contributed by atoms with Crippen LogP contribution in [0.15, 0.2) is 88.2 Å². The van der Waals surface area contributed by atoms with Crippen molar-refractivity contribution in [2.75, 3.05) is 22.9 Å². The van der Waals surface area contributed by atoms with Gasteiger partial charge in [0.2, 0.25) is 0 Å². The van der Waals surface area contributed by atoms with Crippen molar-refractivity contribution in [2.24, 2.45) is 4.99 Å². The van der Waals surface area contributed by atoms with Crippen molar-refractivity contribution in [3.8, 4) is 0 Å². The zero-order valence-corrected chi connectivity index (χ0v) is 31.9. The van der Waals surface area contributed by atoms with Crippen molar-refractivity contribution >= 4 is 23.1 Å². The molecule has 2 heterocycles. The number of anilines is 2. The molecule has 6 nitrogen and oxygen atoms in total. The van der Waals surface area contributed by atoms with Gasteiger partial charge in [-0.15, -0.1) is 0 Å². The number of aliphatic hydroxyl groups excluding tert-OH is 1. The average Bonchev–Trinajstić information content (AvgIpc) is 3.40. The second kappa shape index (κ2) is 15.1. The number of hydrogen-bond acceptors (Lipinski definition) is 5. The van der Waals surface area contributed by atoms with Gasteiger partial charge in [-0.05, 0) is 99.4 Å². The summed E-state index contributed by atoms with van der Waals surface area (Å²) >= 11 is 0. The van der Waals surface area contributed by atoms with E-state index in [1.807, 2.05) is 0 Å². The number of aryl methyl sites for hydroxylation is 2. The standard InChI is InChI=1S/C44H59N3O3/c1-10-12-25-46-36-21-17-29(3)27-34(36)43(6,7)38(46)23-19-32-15-14-16-33(41(32)45-40(31(5)48)42(49)50)20-24-39-44(8,9)35-28-30(4)18-22-37(35)47(39)26-13-11-2/h17-24,27-28,31,40,48H,10-16,25-26H2,1-9H3,(H,49,50)/b32-19+,33-20?,38-23-,39-24?,45-41?. The van der Waals surface area contributed by atoms with Crippen molar-refractivity contribution in [3.05, 3.63) is 105 Å². The number of allylic oxidation sites excluding steroid dienone is 8. The van der Waals surface area contributed by atoms with Crippen LogP contribution in [0.5, 0.6) is 0 Å². The zero-order chi connectivity index (χ0) is 36.4. The van der Waals surface area contributed by atoms with E-state index in [1.54, 1.807) is 0 Å². The highest BCUT2D eigenvalue weighted by atomic mass is 16.4. The molecule has 0 saturated heterocycles. The summed E-state index contributed by atoms with van der Waals surface area (Å²) < 4.78 is 0. The van der Waals surface area contributed by atoms with E-state index in [4.69, 9.17) is 4.99 Å². The van der Waals surface area contributed by atoms with Crippen molar-refractivity contribution in [1.82, 2.24) is 0 Å². The van der Waals surface area contributed by atoms with Gasteiger partial charge in [0.05, 0.1) is 11.8 Å². The summed E-state index contributed by atoms with van der Waals surface area (Å²) in [6, 6.07) is 12.3. The van der Waals surface area contributed by atoms with E-state index in [9.17, 15) is 15.0 Å². The quantitative estimate of drug-likeness (QED) is 0.248. The summed E-state index contributed by atoms with van der Waals surface area (Å²) in [5.41, 5.74) is 12.6. The van der Waals surface area contributed by atoms with E-state index < -0.39 is 18.1 Å². The van der Waals surface area contributed by atoms with E-state index in [1.165, 1.54) is 51.9 Å². The molecule has 3 aliphatic rings. The van der Waals surface area contributed by atoms with E-state index in [0.717, 1.165) is 69.2 Å². The average molecular weight is 678 g/mol. The van der Waals surface area contributed by atoms with E-state index in [0.29, 0.717) is 5.71 Å². The van der Waals surface area contributed by atoms with Crippen LogP contribution in [0.2, 0.25) is 0 Å². The second-order valence-corrected chi connectivity index (χ2v) is 15.6. The summed E-state index contributed by atoms with van der Waals surface area (Å²) in [6.07, 6.45) is 14.7. The number of nitrogens with zero attached hydrogens (tertiary/aromatic N) is 3. The number of aliphatic imine (C=N–C) groups is 1. The molecule has 0 bridgehead atoms. The molecule has 1 saturated carbocycles. The number of carboxylic acid groups (broad SMARTS) is 1. The third kappa shape index (κ3) is 7.28. The van der Waals surface area contributed by atoms with Gasteiger partial charge < -0.3 is 20.0 Å². The van der Waals surface area contributed by atoms with Gasteiger partial charge in [0.15, 0.2) is 6.04 Å². The Morgan fingerprint density at radius 1 is 0.800 bits per heavy atom. The van der Waals surface area contributed by atoms with Crippen molar-refractivity contribution in [3.63, 3.8) is 0 Å². The van der Waals surface area contributed by atoms with Crippen LogP contribution in [0, 0.1) is 13.8 Å².